The second-order valence-corrected chi connectivity index (χ2v) is 7.77. The van der Waals surface area contributed by atoms with Crippen molar-refractivity contribution in [2.75, 3.05) is 13.1 Å². The zero-order chi connectivity index (χ0) is 19.2. The molecule has 1 saturated carbocycles. The summed E-state index contributed by atoms with van der Waals surface area (Å²) in [5.74, 6) is -0.983. The molecule has 4 nitrogen and oxygen atoms in total. The summed E-state index contributed by atoms with van der Waals surface area (Å²) in [6.45, 7) is 2.87. The van der Waals surface area contributed by atoms with E-state index in [0.717, 1.165) is 31.2 Å². The van der Waals surface area contributed by atoms with Crippen LogP contribution in [0.5, 0.6) is 0 Å². The van der Waals surface area contributed by atoms with Crippen molar-refractivity contribution in [3.05, 3.63) is 47.3 Å². The van der Waals surface area contributed by atoms with E-state index >= 15 is 0 Å². The van der Waals surface area contributed by atoms with E-state index in [2.05, 4.69) is 5.32 Å². The van der Waals surface area contributed by atoms with Crippen LogP contribution in [0.15, 0.2) is 36.2 Å². The Kier molecular flexibility index (Phi) is 6.64. The number of halogens is 1. The maximum atomic E-state index is 14.3. The topological polar surface area (TPSA) is 49.4 Å². The van der Waals surface area contributed by atoms with Crippen molar-refractivity contribution < 1.29 is 14.0 Å². The lowest BCUT2D eigenvalue weighted by molar-refractivity contribution is -0.129. The lowest BCUT2D eigenvalue weighted by Crippen LogP contribution is -2.46. The molecule has 1 N–H and O–H groups in total. The van der Waals surface area contributed by atoms with Gasteiger partial charge in [-0.25, -0.2) is 4.39 Å². The summed E-state index contributed by atoms with van der Waals surface area (Å²) in [7, 11) is 0. The van der Waals surface area contributed by atoms with E-state index in [9.17, 15) is 14.0 Å². The molecule has 2 amide bonds. The maximum absolute atomic E-state index is 14.3. The molecule has 0 radical (unpaired) electrons. The third-order valence-corrected chi connectivity index (χ3v) is 5.74. The van der Waals surface area contributed by atoms with Gasteiger partial charge in [-0.2, -0.15) is 0 Å². The zero-order valence-corrected chi connectivity index (χ0v) is 16.0. The fraction of sp³-hybridized carbons (Fsp3) is 0.545. The molecule has 1 aromatic rings. The van der Waals surface area contributed by atoms with Crippen LogP contribution < -0.4 is 5.32 Å². The van der Waals surface area contributed by atoms with Crippen molar-refractivity contribution in [3.63, 3.8) is 0 Å². The third-order valence-electron chi connectivity index (χ3n) is 5.74. The summed E-state index contributed by atoms with van der Waals surface area (Å²) in [6, 6.07) is 7.51. The Morgan fingerprint density at radius 3 is 2.41 bits per heavy atom. The molecule has 0 aromatic heterocycles. The number of hydrogen-bond donors (Lipinski definition) is 1. The van der Waals surface area contributed by atoms with Gasteiger partial charge in [-0.05, 0) is 56.2 Å². The second kappa shape index (κ2) is 9.16. The van der Waals surface area contributed by atoms with Gasteiger partial charge in [0, 0.05) is 24.7 Å². The number of hydrogen-bond acceptors (Lipinski definition) is 2. The molecule has 0 atom stereocenters. The zero-order valence-electron chi connectivity index (χ0n) is 16.0. The van der Waals surface area contributed by atoms with E-state index in [-0.39, 0.29) is 17.9 Å². The van der Waals surface area contributed by atoms with Gasteiger partial charge < -0.3 is 10.2 Å². The fourth-order valence-corrected chi connectivity index (χ4v) is 4.05. The molecule has 0 bridgehead atoms. The number of likely N-dealkylation sites (tertiary alicyclic amines) is 1. The fourth-order valence-electron chi connectivity index (χ4n) is 4.05. The molecule has 1 aliphatic heterocycles. The van der Waals surface area contributed by atoms with Gasteiger partial charge in [0.05, 0.1) is 0 Å². The Morgan fingerprint density at radius 2 is 1.74 bits per heavy atom. The minimum absolute atomic E-state index is 0.0199. The van der Waals surface area contributed by atoms with Gasteiger partial charge in [0.1, 0.15) is 0 Å². The quantitative estimate of drug-likeness (QED) is 0.807. The largest absolute Gasteiger partial charge is 0.349 e. The van der Waals surface area contributed by atoms with Crippen LogP contribution in [-0.2, 0) is 4.79 Å². The van der Waals surface area contributed by atoms with E-state index in [1.54, 1.807) is 4.90 Å². The van der Waals surface area contributed by atoms with Crippen molar-refractivity contribution in [3.8, 4) is 0 Å². The van der Waals surface area contributed by atoms with Crippen LogP contribution in [0.4, 0.5) is 4.39 Å². The summed E-state index contributed by atoms with van der Waals surface area (Å²) in [5, 5.41) is 3.05. The Hall–Kier alpha value is -2.17. The van der Waals surface area contributed by atoms with Gasteiger partial charge in [0.25, 0.3) is 11.8 Å². The van der Waals surface area contributed by atoms with Crippen LogP contribution in [0.1, 0.15) is 60.9 Å². The van der Waals surface area contributed by atoms with Crippen molar-refractivity contribution in [1.82, 2.24) is 10.2 Å². The first kappa shape index (κ1) is 19.6. The van der Waals surface area contributed by atoms with Crippen LogP contribution in [-0.4, -0.2) is 35.8 Å². The molecule has 1 saturated heterocycles. The minimum atomic E-state index is -0.607. The van der Waals surface area contributed by atoms with Gasteiger partial charge in [-0.3, -0.25) is 9.59 Å². The number of nitrogens with zero attached hydrogens (tertiary/aromatic N) is 1. The maximum Gasteiger partial charge on any atom is 0.282 e. The Labute approximate surface area is 160 Å². The average Bonchev–Trinajstić information content (AvgIpc) is 2.69. The lowest BCUT2D eigenvalue weighted by atomic mass is 9.89. The van der Waals surface area contributed by atoms with E-state index in [1.165, 1.54) is 12.5 Å². The Bertz CT molecular complexity index is 702. The van der Waals surface area contributed by atoms with Gasteiger partial charge in [0.15, 0.2) is 5.83 Å². The highest BCUT2D eigenvalue weighted by atomic mass is 19.1. The molecule has 2 aliphatic rings. The molecule has 146 valence electrons. The SMILES string of the molecule is Cc1ccccc1C(=O)NC1CCN(C(=O)/C(F)=C/C2CCCCC2)CC1. The highest BCUT2D eigenvalue weighted by Crippen LogP contribution is 2.26. The number of nitrogens with one attached hydrogen (secondary N) is 1. The van der Waals surface area contributed by atoms with E-state index in [4.69, 9.17) is 0 Å². The van der Waals surface area contributed by atoms with Gasteiger partial charge >= 0.3 is 0 Å². The Balaban J connectivity index is 1.49. The summed E-state index contributed by atoms with van der Waals surface area (Å²) in [6.07, 6.45) is 8.25. The highest BCUT2D eigenvalue weighted by Gasteiger charge is 2.27. The molecule has 1 heterocycles. The number of aryl methyl sites for hydroxylation is 1. The van der Waals surface area contributed by atoms with Crippen LogP contribution >= 0.6 is 0 Å². The second-order valence-electron chi connectivity index (χ2n) is 7.77. The molecule has 5 heteroatoms. The summed E-state index contributed by atoms with van der Waals surface area (Å²) in [5.41, 5.74) is 1.62. The molecule has 3 rings (SSSR count). The monoisotopic (exact) mass is 372 g/mol. The van der Waals surface area contributed by atoms with Crippen LogP contribution in [0, 0.1) is 12.8 Å². The highest BCUT2D eigenvalue weighted by molar-refractivity contribution is 5.95. The van der Waals surface area contributed by atoms with Gasteiger partial charge in [0.2, 0.25) is 0 Å². The lowest BCUT2D eigenvalue weighted by Gasteiger charge is -2.32. The van der Waals surface area contributed by atoms with Crippen LogP contribution in [0.3, 0.4) is 0 Å². The van der Waals surface area contributed by atoms with Crippen molar-refractivity contribution in [1.29, 1.82) is 0 Å². The predicted molar refractivity (Wildman–Crippen MR) is 104 cm³/mol. The Morgan fingerprint density at radius 1 is 1.07 bits per heavy atom. The molecular weight excluding hydrogens is 343 g/mol. The standard InChI is InChI=1S/C22H29FN2O2/c1-16-7-5-6-10-19(16)21(26)24-18-11-13-25(14-12-18)22(27)20(23)15-17-8-3-2-4-9-17/h5-7,10,15,17-18H,2-4,8-9,11-14H2,1H3,(H,24,26)/b20-15-. The molecule has 1 aromatic carbocycles. The molecular formula is C22H29FN2O2. The van der Waals surface area contributed by atoms with E-state index in [0.29, 0.717) is 31.5 Å². The molecule has 0 spiro atoms. The van der Waals surface area contributed by atoms with Crippen LogP contribution in [0.2, 0.25) is 0 Å². The van der Waals surface area contributed by atoms with E-state index in [1.807, 2.05) is 31.2 Å². The number of carbonyl (C=O) groups is 2. The van der Waals surface area contributed by atoms with Crippen molar-refractivity contribution in [2.45, 2.75) is 57.9 Å². The number of carbonyl (C=O) groups excluding carboxylic acids is 2. The summed E-state index contributed by atoms with van der Waals surface area (Å²) >= 11 is 0. The number of piperidine rings is 1. The van der Waals surface area contributed by atoms with Gasteiger partial charge in [-0.1, -0.05) is 37.5 Å². The number of benzene rings is 1. The minimum Gasteiger partial charge on any atom is -0.349 e. The first-order valence-electron chi connectivity index (χ1n) is 10.1. The van der Waals surface area contributed by atoms with E-state index < -0.39 is 11.7 Å². The van der Waals surface area contributed by atoms with Crippen molar-refractivity contribution >= 4 is 11.8 Å². The smallest absolute Gasteiger partial charge is 0.282 e. The number of allylic oxidation sites excluding steroid dienone is 1. The summed E-state index contributed by atoms with van der Waals surface area (Å²) < 4.78 is 14.3. The molecule has 27 heavy (non-hydrogen) atoms. The molecule has 1 aliphatic carbocycles. The summed E-state index contributed by atoms with van der Waals surface area (Å²) in [4.78, 5) is 26.4. The average molecular weight is 372 g/mol. The van der Waals surface area contributed by atoms with Crippen LogP contribution in [0.25, 0.3) is 0 Å². The predicted octanol–water partition coefficient (Wildman–Crippen LogP) is 4.15. The number of amides is 2. The number of rotatable bonds is 4. The molecule has 2 fully saturated rings. The molecule has 0 unspecified atom stereocenters. The van der Waals surface area contributed by atoms with Gasteiger partial charge in [-0.15, -0.1) is 0 Å². The van der Waals surface area contributed by atoms with Crippen molar-refractivity contribution in [2.24, 2.45) is 5.92 Å². The first-order chi connectivity index (χ1) is 13.0. The normalized spacial score (nSPS) is 19.8. The first-order valence-corrected chi connectivity index (χ1v) is 10.1. The third kappa shape index (κ3) is 5.18.